The van der Waals surface area contributed by atoms with E-state index >= 15 is 0 Å². The molecule has 54 valence electrons. The van der Waals surface area contributed by atoms with Crippen LogP contribution in [0.25, 0.3) is 0 Å². The standard InChI is InChI=1S/C9H11Cl/c1-2-9(8-10)6-4-3-5-7-9/h2-6H,1,7-8H2. The van der Waals surface area contributed by atoms with E-state index in [2.05, 4.69) is 18.7 Å². The molecule has 1 rings (SSSR count). The van der Waals surface area contributed by atoms with Crippen LogP contribution >= 0.6 is 11.6 Å². The Bertz CT molecular complexity index is 179. The summed E-state index contributed by atoms with van der Waals surface area (Å²) in [5.74, 6) is 0.622. The van der Waals surface area contributed by atoms with E-state index in [1.54, 1.807) is 0 Å². The molecule has 1 aliphatic carbocycles. The number of halogens is 1. The van der Waals surface area contributed by atoms with Crippen molar-refractivity contribution in [1.29, 1.82) is 0 Å². The number of allylic oxidation sites excluding steroid dienone is 5. The van der Waals surface area contributed by atoms with Gasteiger partial charge in [0.2, 0.25) is 0 Å². The first-order valence-electron chi connectivity index (χ1n) is 3.37. The minimum absolute atomic E-state index is 0.0241. The summed E-state index contributed by atoms with van der Waals surface area (Å²) in [4.78, 5) is 0. The second kappa shape index (κ2) is 3.07. The maximum absolute atomic E-state index is 5.78. The lowest BCUT2D eigenvalue weighted by molar-refractivity contribution is 0.566. The van der Waals surface area contributed by atoms with Crippen LogP contribution in [0, 0.1) is 5.41 Å². The quantitative estimate of drug-likeness (QED) is 0.424. The van der Waals surface area contributed by atoms with Gasteiger partial charge in [0.25, 0.3) is 0 Å². The lowest BCUT2D eigenvalue weighted by Gasteiger charge is -2.23. The average Bonchev–Trinajstić information content (AvgIpc) is 2.06. The summed E-state index contributed by atoms with van der Waals surface area (Å²) in [6, 6.07) is 0. The molecular formula is C9H11Cl. The van der Waals surface area contributed by atoms with E-state index in [1.165, 1.54) is 0 Å². The maximum Gasteiger partial charge on any atom is 0.0352 e. The average molecular weight is 155 g/mol. The van der Waals surface area contributed by atoms with Crippen molar-refractivity contribution in [3.05, 3.63) is 37.0 Å². The summed E-state index contributed by atoms with van der Waals surface area (Å²) in [7, 11) is 0. The summed E-state index contributed by atoms with van der Waals surface area (Å²) in [6.45, 7) is 3.76. The smallest absolute Gasteiger partial charge is 0.0352 e. The largest absolute Gasteiger partial charge is 0.125 e. The van der Waals surface area contributed by atoms with E-state index < -0.39 is 0 Å². The van der Waals surface area contributed by atoms with Crippen LogP contribution in [-0.2, 0) is 0 Å². The first-order valence-corrected chi connectivity index (χ1v) is 3.90. The Morgan fingerprint density at radius 2 is 2.40 bits per heavy atom. The van der Waals surface area contributed by atoms with Crippen LogP contribution in [0.15, 0.2) is 37.0 Å². The Kier molecular flexibility index (Phi) is 2.34. The van der Waals surface area contributed by atoms with Crippen molar-refractivity contribution < 1.29 is 0 Å². The normalized spacial score (nSPS) is 30.5. The van der Waals surface area contributed by atoms with Gasteiger partial charge in [-0.25, -0.2) is 0 Å². The van der Waals surface area contributed by atoms with Gasteiger partial charge in [0.05, 0.1) is 0 Å². The number of hydrogen-bond donors (Lipinski definition) is 0. The van der Waals surface area contributed by atoms with E-state index in [4.69, 9.17) is 11.6 Å². The van der Waals surface area contributed by atoms with Gasteiger partial charge in [-0.3, -0.25) is 0 Å². The third-order valence-electron chi connectivity index (χ3n) is 1.83. The third kappa shape index (κ3) is 1.32. The second-order valence-electron chi connectivity index (χ2n) is 2.56. The molecule has 0 N–H and O–H groups in total. The number of hydrogen-bond acceptors (Lipinski definition) is 0. The van der Waals surface area contributed by atoms with Crippen molar-refractivity contribution in [3.63, 3.8) is 0 Å². The molecule has 1 heteroatoms. The molecule has 0 aliphatic heterocycles. The molecule has 10 heavy (non-hydrogen) atoms. The van der Waals surface area contributed by atoms with E-state index in [1.807, 2.05) is 18.2 Å². The molecule has 0 fully saturated rings. The van der Waals surface area contributed by atoms with Crippen molar-refractivity contribution in [1.82, 2.24) is 0 Å². The number of rotatable bonds is 2. The van der Waals surface area contributed by atoms with Gasteiger partial charge in [-0.1, -0.05) is 30.4 Å². The summed E-state index contributed by atoms with van der Waals surface area (Å²) in [5, 5.41) is 0. The van der Waals surface area contributed by atoms with Gasteiger partial charge >= 0.3 is 0 Å². The van der Waals surface area contributed by atoms with Gasteiger partial charge in [-0.15, -0.1) is 18.2 Å². The van der Waals surface area contributed by atoms with Gasteiger partial charge < -0.3 is 0 Å². The Morgan fingerprint density at radius 3 is 2.70 bits per heavy atom. The molecule has 0 aromatic carbocycles. The molecule has 0 nitrogen and oxygen atoms in total. The molecule has 0 spiro atoms. The summed E-state index contributed by atoms with van der Waals surface area (Å²) >= 11 is 5.78. The zero-order chi connectivity index (χ0) is 7.45. The highest BCUT2D eigenvalue weighted by Crippen LogP contribution is 2.29. The van der Waals surface area contributed by atoms with Crippen molar-refractivity contribution in [2.24, 2.45) is 5.41 Å². The van der Waals surface area contributed by atoms with Crippen LogP contribution in [0.1, 0.15) is 6.42 Å². The summed E-state index contributed by atoms with van der Waals surface area (Å²) in [5.41, 5.74) is 0.0241. The zero-order valence-electron chi connectivity index (χ0n) is 5.89. The summed E-state index contributed by atoms with van der Waals surface area (Å²) < 4.78 is 0. The van der Waals surface area contributed by atoms with Crippen LogP contribution in [0.5, 0.6) is 0 Å². The first-order chi connectivity index (χ1) is 4.83. The Hall–Kier alpha value is -0.490. The van der Waals surface area contributed by atoms with Crippen molar-refractivity contribution >= 4 is 11.6 Å². The predicted octanol–water partition coefficient (Wildman–Crippen LogP) is 2.91. The SMILES string of the molecule is C=CC1(CCl)C=CC=CC1. The third-order valence-corrected chi connectivity index (χ3v) is 2.33. The van der Waals surface area contributed by atoms with Gasteiger partial charge in [0.15, 0.2) is 0 Å². The number of alkyl halides is 1. The van der Waals surface area contributed by atoms with Crippen LogP contribution in [0.3, 0.4) is 0 Å². The van der Waals surface area contributed by atoms with Crippen molar-refractivity contribution in [3.8, 4) is 0 Å². The monoisotopic (exact) mass is 154 g/mol. The Labute approximate surface area is 66.9 Å². The summed E-state index contributed by atoms with van der Waals surface area (Å²) in [6.07, 6.45) is 11.2. The molecule has 0 aromatic heterocycles. The van der Waals surface area contributed by atoms with Gasteiger partial charge in [0, 0.05) is 11.3 Å². The van der Waals surface area contributed by atoms with Crippen LogP contribution in [0.4, 0.5) is 0 Å². The van der Waals surface area contributed by atoms with E-state index in [0.717, 1.165) is 6.42 Å². The molecule has 0 saturated heterocycles. The fourth-order valence-corrected chi connectivity index (χ4v) is 1.29. The van der Waals surface area contributed by atoms with Gasteiger partial charge in [-0.05, 0) is 6.42 Å². The minimum Gasteiger partial charge on any atom is -0.125 e. The lowest BCUT2D eigenvalue weighted by Crippen LogP contribution is -2.16. The fourth-order valence-electron chi connectivity index (χ4n) is 0.986. The Balaban J connectivity index is 2.75. The fraction of sp³-hybridized carbons (Fsp3) is 0.333. The van der Waals surface area contributed by atoms with Crippen molar-refractivity contribution in [2.45, 2.75) is 6.42 Å². The van der Waals surface area contributed by atoms with Crippen molar-refractivity contribution in [2.75, 3.05) is 5.88 Å². The van der Waals surface area contributed by atoms with E-state index in [9.17, 15) is 0 Å². The first kappa shape index (κ1) is 7.62. The van der Waals surface area contributed by atoms with E-state index in [-0.39, 0.29) is 5.41 Å². The molecule has 0 aromatic rings. The van der Waals surface area contributed by atoms with E-state index in [0.29, 0.717) is 5.88 Å². The molecule has 0 bridgehead atoms. The highest BCUT2D eigenvalue weighted by atomic mass is 35.5. The molecule has 1 aliphatic rings. The highest BCUT2D eigenvalue weighted by molar-refractivity contribution is 6.18. The molecule has 0 saturated carbocycles. The van der Waals surface area contributed by atoms with Gasteiger partial charge in [-0.2, -0.15) is 0 Å². The minimum atomic E-state index is 0.0241. The molecule has 0 amide bonds. The molecule has 0 heterocycles. The molecular weight excluding hydrogens is 144 g/mol. The van der Waals surface area contributed by atoms with Crippen LogP contribution in [-0.4, -0.2) is 5.88 Å². The lowest BCUT2D eigenvalue weighted by atomic mass is 9.84. The highest BCUT2D eigenvalue weighted by Gasteiger charge is 2.21. The van der Waals surface area contributed by atoms with Crippen LogP contribution < -0.4 is 0 Å². The predicted molar refractivity (Wildman–Crippen MR) is 46.2 cm³/mol. The Morgan fingerprint density at radius 1 is 1.60 bits per heavy atom. The topological polar surface area (TPSA) is 0 Å². The molecule has 0 radical (unpaired) electrons. The maximum atomic E-state index is 5.78. The molecule has 1 atom stereocenters. The molecule has 1 unspecified atom stereocenters. The van der Waals surface area contributed by atoms with Gasteiger partial charge in [0.1, 0.15) is 0 Å². The second-order valence-corrected chi connectivity index (χ2v) is 2.83. The van der Waals surface area contributed by atoms with Crippen LogP contribution in [0.2, 0.25) is 0 Å². The zero-order valence-corrected chi connectivity index (χ0v) is 6.64.